The Morgan fingerprint density at radius 3 is 2.34 bits per heavy atom. The summed E-state index contributed by atoms with van der Waals surface area (Å²) in [5, 5.41) is 9.68. The lowest BCUT2D eigenvalue weighted by Gasteiger charge is -2.34. The zero-order valence-electron chi connectivity index (χ0n) is 14.6. The Labute approximate surface area is 177 Å². The second kappa shape index (κ2) is 7.78. The average Bonchev–Trinajstić information content (AvgIpc) is 3.07. The highest BCUT2D eigenvalue weighted by Gasteiger charge is 2.47. The van der Waals surface area contributed by atoms with Gasteiger partial charge in [0.2, 0.25) is 0 Å². The van der Waals surface area contributed by atoms with Gasteiger partial charge in [0.25, 0.3) is 0 Å². The van der Waals surface area contributed by atoms with Gasteiger partial charge in [0.1, 0.15) is 11.1 Å². The van der Waals surface area contributed by atoms with Gasteiger partial charge < -0.3 is 10.1 Å². The summed E-state index contributed by atoms with van der Waals surface area (Å²) in [6.45, 7) is 0. The van der Waals surface area contributed by atoms with Crippen molar-refractivity contribution in [3.05, 3.63) is 85.0 Å². The molecule has 0 saturated carbocycles. The van der Waals surface area contributed by atoms with Crippen LogP contribution < -0.4 is 4.87 Å². The van der Waals surface area contributed by atoms with Crippen LogP contribution in [0.25, 0.3) is 0 Å². The maximum atomic E-state index is 13.4. The lowest BCUT2D eigenvalue weighted by Crippen LogP contribution is -2.39. The number of halogens is 2. The maximum absolute atomic E-state index is 13.4. The largest absolute Gasteiger partial charge is 0.480 e. The van der Waals surface area contributed by atoms with Crippen LogP contribution in [-0.4, -0.2) is 27.1 Å². The van der Waals surface area contributed by atoms with Crippen LogP contribution in [0.4, 0.5) is 4.39 Å². The fourth-order valence-electron chi connectivity index (χ4n) is 3.48. The molecule has 3 atom stereocenters. The van der Waals surface area contributed by atoms with Gasteiger partial charge in [0, 0.05) is 21.4 Å². The van der Waals surface area contributed by atoms with Crippen LogP contribution in [0.1, 0.15) is 26.7 Å². The number of thiazole rings is 1. The van der Waals surface area contributed by atoms with Gasteiger partial charge in [-0.25, -0.2) is 4.39 Å². The van der Waals surface area contributed by atoms with Gasteiger partial charge in [0.05, 0.1) is 10.9 Å². The summed E-state index contributed by atoms with van der Waals surface area (Å²) in [7, 11) is 0. The SMILES string of the molecule is O=C(c1ccc(F)cc1)[C@@H]1[C@H](c2ccc(Cl)cc2)c2sc(=O)[nH]c2S[C@H]1C(=O)O. The Hall–Kier alpha value is -2.42. The van der Waals surface area contributed by atoms with Crippen LogP contribution >= 0.6 is 34.7 Å². The zero-order chi connectivity index (χ0) is 20.7. The molecule has 0 spiro atoms. The van der Waals surface area contributed by atoms with Crippen LogP contribution in [0.5, 0.6) is 0 Å². The number of fused-ring (bicyclic) bond motifs is 1. The molecule has 0 bridgehead atoms. The highest BCUT2D eigenvalue weighted by molar-refractivity contribution is 8.00. The third kappa shape index (κ3) is 3.75. The Balaban J connectivity index is 1.90. The molecule has 0 fully saturated rings. The van der Waals surface area contributed by atoms with E-state index in [1.165, 1.54) is 12.1 Å². The summed E-state index contributed by atoms with van der Waals surface area (Å²) in [5.74, 6) is -3.70. The van der Waals surface area contributed by atoms with Crippen molar-refractivity contribution >= 4 is 46.5 Å². The summed E-state index contributed by atoms with van der Waals surface area (Å²) in [4.78, 5) is 40.4. The second-order valence-corrected chi connectivity index (χ2v) is 9.11. The molecule has 0 radical (unpaired) electrons. The van der Waals surface area contributed by atoms with Crippen molar-refractivity contribution in [1.29, 1.82) is 0 Å². The van der Waals surface area contributed by atoms with E-state index in [-0.39, 0.29) is 10.4 Å². The molecule has 148 valence electrons. The van der Waals surface area contributed by atoms with E-state index in [0.717, 1.165) is 35.2 Å². The van der Waals surface area contributed by atoms with Crippen LogP contribution in [0.15, 0.2) is 58.4 Å². The number of benzene rings is 2. The third-order valence-electron chi connectivity index (χ3n) is 4.76. The molecule has 5 nitrogen and oxygen atoms in total. The summed E-state index contributed by atoms with van der Waals surface area (Å²) < 4.78 is 13.3. The number of carbonyl (C=O) groups is 2. The normalized spacial score (nSPS) is 20.8. The number of Topliss-reactive ketones (excluding diaryl/α,β-unsaturated/α-hetero) is 1. The summed E-state index contributed by atoms with van der Waals surface area (Å²) in [6, 6.07) is 11.8. The Morgan fingerprint density at radius 1 is 1.07 bits per heavy atom. The first kappa shape index (κ1) is 19.9. The molecule has 1 aliphatic heterocycles. The van der Waals surface area contributed by atoms with E-state index >= 15 is 0 Å². The molecule has 2 N–H and O–H groups in total. The number of hydrogen-bond acceptors (Lipinski definition) is 5. The molecule has 4 rings (SSSR count). The van der Waals surface area contributed by atoms with Gasteiger partial charge in [-0.05, 0) is 42.0 Å². The van der Waals surface area contributed by atoms with Crippen molar-refractivity contribution < 1.29 is 19.1 Å². The second-order valence-electron chi connectivity index (χ2n) is 6.51. The van der Waals surface area contributed by atoms with Crippen LogP contribution in [0.3, 0.4) is 0 Å². The van der Waals surface area contributed by atoms with E-state index in [4.69, 9.17) is 11.6 Å². The number of ketones is 1. The third-order valence-corrected chi connectivity index (χ3v) is 7.41. The summed E-state index contributed by atoms with van der Waals surface area (Å²) in [6.07, 6.45) is 0. The molecule has 2 aromatic carbocycles. The smallest absolute Gasteiger partial charge is 0.317 e. The molecule has 0 amide bonds. The predicted molar refractivity (Wildman–Crippen MR) is 110 cm³/mol. The van der Waals surface area contributed by atoms with Gasteiger partial charge >= 0.3 is 10.8 Å². The first-order valence-corrected chi connectivity index (χ1v) is 10.6. The number of aromatic nitrogens is 1. The van der Waals surface area contributed by atoms with Crippen molar-refractivity contribution in [3.63, 3.8) is 0 Å². The molecular formula is C20H13ClFNO4S2. The number of carbonyl (C=O) groups excluding carboxylic acids is 1. The molecule has 1 aliphatic rings. The highest BCUT2D eigenvalue weighted by Crippen LogP contribution is 2.50. The quantitative estimate of drug-likeness (QED) is 0.576. The summed E-state index contributed by atoms with van der Waals surface area (Å²) >= 11 is 7.91. The van der Waals surface area contributed by atoms with E-state index in [1.807, 2.05) is 0 Å². The topological polar surface area (TPSA) is 87.2 Å². The number of H-pyrrole nitrogens is 1. The molecule has 0 unspecified atom stereocenters. The van der Waals surface area contributed by atoms with Gasteiger partial charge in [-0.15, -0.1) is 0 Å². The molecule has 2 heterocycles. The number of rotatable bonds is 4. The first-order valence-electron chi connectivity index (χ1n) is 8.53. The predicted octanol–water partition coefficient (Wildman–Crippen LogP) is 4.42. The van der Waals surface area contributed by atoms with E-state index in [1.54, 1.807) is 24.3 Å². The Morgan fingerprint density at radius 2 is 1.72 bits per heavy atom. The minimum atomic E-state index is -1.16. The van der Waals surface area contributed by atoms with Crippen molar-refractivity contribution in [2.75, 3.05) is 0 Å². The van der Waals surface area contributed by atoms with Crippen LogP contribution in [0.2, 0.25) is 5.02 Å². The number of carboxylic acids is 1. The monoisotopic (exact) mass is 449 g/mol. The number of aliphatic carboxylic acids is 1. The van der Waals surface area contributed by atoms with Crippen molar-refractivity contribution in [1.82, 2.24) is 4.98 Å². The van der Waals surface area contributed by atoms with Gasteiger partial charge in [0.15, 0.2) is 5.78 Å². The lowest BCUT2D eigenvalue weighted by atomic mass is 9.78. The zero-order valence-corrected chi connectivity index (χ0v) is 17.0. The highest BCUT2D eigenvalue weighted by atomic mass is 35.5. The maximum Gasteiger partial charge on any atom is 0.317 e. The van der Waals surface area contributed by atoms with Crippen molar-refractivity contribution in [3.8, 4) is 0 Å². The minimum Gasteiger partial charge on any atom is -0.480 e. The van der Waals surface area contributed by atoms with Gasteiger partial charge in [-0.1, -0.05) is 46.8 Å². The molecule has 0 aliphatic carbocycles. The number of hydrogen-bond donors (Lipinski definition) is 2. The lowest BCUT2D eigenvalue weighted by molar-refractivity contribution is -0.137. The molecule has 0 saturated heterocycles. The summed E-state index contributed by atoms with van der Waals surface area (Å²) in [5.41, 5.74) is 0.895. The standard InChI is InChI=1S/C20H13ClFNO4S2/c21-11-5-1-9(2-6-11)13-14(15(24)10-3-7-12(22)8-4-10)17(19(25)26)28-18-16(13)29-20(27)23-18/h1-8,13-14,17H,(H,23,27)(H,25,26)/t13-,14-,17+/m0/s1. The molecule has 9 heteroatoms. The van der Waals surface area contributed by atoms with Crippen LogP contribution in [-0.2, 0) is 4.79 Å². The van der Waals surface area contributed by atoms with E-state index in [9.17, 15) is 23.9 Å². The van der Waals surface area contributed by atoms with E-state index in [0.29, 0.717) is 20.5 Å². The molecule has 1 aromatic heterocycles. The number of thioether (sulfide) groups is 1. The van der Waals surface area contributed by atoms with Crippen LogP contribution in [0, 0.1) is 11.7 Å². The van der Waals surface area contributed by atoms with Crippen molar-refractivity contribution in [2.45, 2.75) is 16.2 Å². The van der Waals surface area contributed by atoms with E-state index in [2.05, 4.69) is 4.98 Å². The van der Waals surface area contributed by atoms with Crippen molar-refractivity contribution in [2.24, 2.45) is 5.92 Å². The molecular weight excluding hydrogens is 437 g/mol. The molecule has 3 aromatic rings. The van der Waals surface area contributed by atoms with E-state index < -0.39 is 34.7 Å². The Kier molecular flexibility index (Phi) is 5.33. The fraction of sp³-hybridized carbons (Fsp3) is 0.150. The van der Waals surface area contributed by atoms with Gasteiger partial charge in [-0.3, -0.25) is 14.4 Å². The average molecular weight is 450 g/mol. The minimum absolute atomic E-state index is 0.216. The first-order chi connectivity index (χ1) is 13.8. The number of aromatic amines is 1. The van der Waals surface area contributed by atoms with Gasteiger partial charge in [-0.2, -0.15) is 0 Å². The fourth-order valence-corrected chi connectivity index (χ4v) is 6.03. The number of nitrogens with one attached hydrogen (secondary N) is 1. The number of carboxylic acid groups (broad SMARTS) is 1. The molecule has 29 heavy (non-hydrogen) atoms. The Bertz CT molecular complexity index is 1140.